The van der Waals surface area contributed by atoms with Crippen LogP contribution in [-0.2, 0) is 20.7 Å². The van der Waals surface area contributed by atoms with Crippen LogP contribution in [-0.4, -0.2) is 75.9 Å². The van der Waals surface area contributed by atoms with E-state index in [1.54, 1.807) is 14.2 Å². The summed E-state index contributed by atoms with van der Waals surface area (Å²) >= 11 is 0. The molecule has 0 saturated carbocycles. The van der Waals surface area contributed by atoms with E-state index in [9.17, 15) is 4.79 Å². The van der Waals surface area contributed by atoms with Crippen molar-refractivity contribution < 1.29 is 14.3 Å². The number of methoxy groups -OCH3 is 2. The number of likely N-dealkylation sites (tertiary alicyclic amines) is 2. The molecular formula is C21H32N2O3. The van der Waals surface area contributed by atoms with Gasteiger partial charge in [0.2, 0.25) is 5.91 Å². The Kier molecular flexibility index (Phi) is 6.68. The minimum Gasteiger partial charge on any atom is -0.384 e. The zero-order valence-electron chi connectivity index (χ0n) is 16.2. The van der Waals surface area contributed by atoms with E-state index in [0.717, 1.165) is 64.3 Å². The van der Waals surface area contributed by atoms with Gasteiger partial charge >= 0.3 is 0 Å². The van der Waals surface area contributed by atoms with Crippen molar-refractivity contribution in [3.05, 3.63) is 35.9 Å². The standard InChI is InChI=1S/C21H32N2O3/c1-25-13-12-22-15-19(16-26-2)21(17-22)8-10-23(11-9-21)20(24)14-18-6-4-3-5-7-18/h3-7,19H,8-17H2,1-2H3. The summed E-state index contributed by atoms with van der Waals surface area (Å²) in [6.07, 6.45) is 2.66. The average Bonchev–Trinajstić information content (AvgIpc) is 2.98. The Morgan fingerprint density at radius 2 is 1.88 bits per heavy atom. The number of carbonyl (C=O) groups excluding carboxylic acids is 1. The van der Waals surface area contributed by atoms with E-state index in [2.05, 4.69) is 9.80 Å². The van der Waals surface area contributed by atoms with E-state index in [1.165, 1.54) is 0 Å². The molecule has 0 bridgehead atoms. The fourth-order valence-electron chi connectivity index (χ4n) is 4.62. The van der Waals surface area contributed by atoms with E-state index in [-0.39, 0.29) is 11.3 Å². The molecule has 2 aliphatic rings. The maximum Gasteiger partial charge on any atom is 0.226 e. The van der Waals surface area contributed by atoms with Gasteiger partial charge in [0.05, 0.1) is 19.6 Å². The maximum absolute atomic E-state index is 12.7. The Morgan fingerprint density at radius 1 is 1.15 bits per heavy atom. The second-order valence-electron chi connectivity index (χ2n) is 7.79. The number of rotatable bonds is 7. The van der Waals surface area contributed by atoms with Crippen molar-refractivity contribution in [1.82, 2.24) is 9.80 Å². The highest BCUT2D eigenvalue weighted by molar-refractivity contribution is 5.78. The zero-order chi connectivity index (χ0) is 18.4. The summed E-state index contributed by atoms with van der Waals surface area (Å²) in [7, 11) is 3.55. The van der Waals surface area contributed by atoms with Gasteiger partial charge in [-0.25, -0.2) is 0 Å². The number of piperidine rings is 1. The van der Waals surface area contributed by atoms with Gasteiger partial charge in [-0.3, -0.25) is 4.79 Å². The third kappa shape index (κ3) is 4.45. The van der Waals surface area contributed by atoms with Crippen LogP contribution in [0.15, 0.2) is 30.3 Å². The van der Waals surface area contributed by atoms with Crippen LogP contribution in [0.25, 0.3) is 0 Å². The van der Waals surface area contributed by atoms with Crippen molar-refractivity contribution in [2.45, 2.75) is 19.3 Å². The quantitative estimate of drug-likeness (QED) is 0.746. The predicted molar refractivity (Wildman–Crippen MR) is 102 cm³/mol. The lowest BCUT2D eigenvalue weighted by Gasteiger charge is -2.42. The third-order valence-corrected chi connectivity index (χ3v) is 6.17. The second-order valence-corrected chi connectivity index (χ2v) is 7.79. The molecule has 26 heavy (non-hydrogen) atoms. The summed E-state index contributed by atoms with van der Waals surface area (Å²) < 4.78 is 10.8. The fourth-order valence-corrected chi connectivity index (χ4v) is 4.62. The molecule has 1 aromatic rings. The number of hydrogen-bond acceptors (Lipinski definition) is 4. The van der Waals surface area contributed by atoms with Crippen molar-refractivity contribution in [2.75, 3.05) is 60.2 Å². The highest BCUT2D eigenvalue weighted by Gasteiger charge is 2.48. The van der Waals surface area contributed by atoms with Crippen LogP contribution in [0.1, 0.15) is 18.4 Å². The Balaban J connectivity index is 1.57. The van der Waals surface area contributed by atoms with E-state index >= 15 is 0 Å². The lowest BCUT2D eigenvalue weighted by atomic mass is 9.71. The molecule has 1 amide bonds. The van der Waals surface area contributed by atoms with Crippen LogP contribution in [0.2, 0.25) is 0 Å². The minimum atomic E-state index is 0.253. The summed E-state index contributed by atoms with van der Waals surface area (Å²) in [6.45, 7) is 6.47. The highest BCUT2D eigenvalue weighted by Crippen LogP contribution is 2.44. The van der Waals surface area contributed by atoms with Crippen molar-refractivity contribution in [1.29, 1.82) is 0 Å². The topological polar surface area (TPSA) is 42.0 Å². The average molecular weight is 360 g/mol. The van der Waals surface area contributed by atoms with E-state index < -0.39 is 0 Å². The van der Waals surface area contributed by atoms with Crippen LogP contribution >= 0.6 is 0 Å². The van der Waals surface area contributed by atoms with Crippen molar-refractivity contribution in [2.24, 2.45) is 11.3 Å². The summed E-state index contributed by atoms with van der Waals surface area (Å²) in [5, 5.41) is 0. The summed E-state index contributed by atoms with van der Waals surface area (Å²) in [5.41, 5.74) is 1.38. The molecule has 2 saturated heterocycles. The monoisotopic (exact) mass is 360 g/mol. The SMILES string of the molecule is COCCN1CC(COC)C2(CCN(C(=O)Cc3ccccc3)CC2)C1. The minimum absolute atomic E-state index is 0.253. The molecule has 1 unspecified atom stereocenters. The molecule has 5 nitrogen and oxygen atoms in total. The van der Waals surface area contributed by atoms with Gasteiger partial charge < -0.3 is 19.3 Å². The van der Waals surface area contributed by atoms with Crippen molar-refractivity contribution >= 4 is 5.91 Å². The van der Waals surface area contributed by atoms with Gasteiger partial charge in [-0.15, -0.1) is 0 Å². The number of amides is 1. The Labute approximate surface area is 157 Å². The molecule has 2 heterocycles. The summed E-state index contributed by atoms with van der Waals surface area (Å²) in [5.74, 6) is 0.805. The molecule has 144 valence electrons. The predicted octanol–water partition coefficient (Wildman–Crippen LogP) is 2.06. The van der Waals surface area contributed by atoms with Gasteiger partial charge in [0.25, 0.3) is 0 Å². The van der Waals surface area contributed by atoms with E-state index in [4.69, 9.17) is 9.47 Å². The Bertz CT molecular complexity index is 570. The van der Waals surface area contributed by atoms with Crippen LogP contribution < -0.4 is 0 Å². The lowest BCUT2D eigenvalue weighted by molar-refractivity contribution is -0.133. The van der Waals surface area contributed by atoms with Crippen LogP contribution in [0.5, 0.6) is 0 Å². The Morgan fingerprint density at radius 3 is 2.54 bits per heavy atom. The molecule has 0 radical (unpaired) electrons. The smallest absolute Gasteiger partial charge is 0.226 e. The largest absolute Gasteiger partial charge is 0.384 e. The number of ether oxygens (including phenoxy) is 2. The molecule has 0 N–H and O–H groups in total. The van der Waals surface area contributed by atoms with Gasteiger partial charge in [-0.05, 0) is 23.8 Å². The molecule has 1 atom stereocenters. The second kappa shape index (κ2) is 8.98. The Hall–Kier alpha value is -1.43. The first kappa shape index (κ1) is 19.3. The molecule has 0 aliphatic carbocycles. The van der Waals surface area contributed by atoms with Gasteiger partial charge in [-0.1, -0.05) is 30.3 Å². The molecule has 1 aromatic carbocycles. The maximum atomic E-state index is 12.7. The van der Waals surface area contributed by atoms with Crippen molar-refractivity contribution in [3.63, 3.8) is 0 Å². The first-order valence-corrected chi connectivity index (χ1v) is 9.69. The first-order chi connectivity index (χ1) is 12.7. The van der Waals surface area contributed by atoms with Gasteiger partial charge in [0, 0.05) is 52.9 Å². The summed E-state index contributed by atoms with van der Waals surface area (Å²) in [4.78, 5) is 17.2. The van der Waals surface area contributed by atoms with Gasteiger partial charge in [0.1, 0.15) is 0 Å². The molecule has 0 aromatic heterocycles. The third-order valence-electron chi connectivity index (χ3n) is 6.17. The van der Waals surface area contributed by atoms with E-state index in [1.807, 2.05) is 30.3 Å². The number of hydrogen-bond donors (Lipinski definition) is 0. The number of benzene rings is 1. The molecule has 3 rings (SSSR count). The molecular weight excluding hydrogens is 328 g/mol. The number of nitrogens with zero attached hydrogens (tertiary/aromatic N) is 2. The van der Waals surface area contributed by atoms with Gasteiger partial charge in [-0.2, -0.15) is 0 Å². The van der Waals surface area contributed by atoms with Crippen LogP contribution in [0.4, 0.5) is 0 Å². The lowest BCUT2D eigenvalue weighted by Crippen LogP contribution is -2.47. The van der Waals surface area contributed by atoms with Gasteiger partial charge in [0.15, 0.2) is 0 Å². The summed E-state index contributed by atoms with van der Waals surface area (Å²) in [6, 6.07) is 10.0. The molecule has 2 aliphatic heterocycles. The van der Waals surface area contributed by atoms with Crippen LogP contribution in [0.3, 0.4) is 0 Å². The highest BCUT2D eigenvalue weighted by atomic mass is 16.5. The molecule has 5 heteroatoms. The van der Waals surface area contributed by atoms with E-state index in [0.29, 0.717) is 12.3 Å². The first-order valence-electron chi connectivity index (χ1n) is 9.69. The molecule has 1 spiro atoms. The van der Waals surface area contributed by atoms with Crippen molar-refractivity contribution in [3.8, 4) is 0 Å². The van der Waals surface area contributed by atoms with Crippen LogP contribution in [0, 0.1) is 11.3 Å². The fraction of sp³-hybridized carbons (Fsp3) is 0.667. The zero-order valence-corrected chi connectivity index (χ0v) is 16.2. The molecule has 2 fully saturated rings. The number of carbonyl (C=O) groups is 1. The normalized spacial score (nSPS) is 22.8.